The molecule has 0 radical (unpaired) electrons. The predicted octanol–water partition coefficient (Wildman–Crippen LogP) is 3.93. The number of rotatable bonds is 6. The van der Waals surface area contributed by atoms with Crippen molar-refractivity contribution in [3.8, 4) is 0 Å². The molecule has 12 heteroatoms. The van der Waals surface area contributed by atoms with Crippen LogP contribution >= 0.6 is 22.9 Å². The molecule has 3 N–H and O–H groups in total. The quantitative estimate of drug-likeness (QED) is 0.505. The van der Waals surface area contributed by atoms with Crippen LogP contribution in [0.1, 0.15) is 42.6 Å². The number of carbonyl (C=O) groups excluding carboxylic acids is 2. The fraction of sp³-hybridized carbons (Fsp3) is 0.182. The minimum Gasteiger partial charge on any atom is -0.366 e. The molecule has 0 aliphatic carbocycles. The molecule has 34 heavy (non-hydrogen) atoms. The largest absolute Gasteiger partial charge is 0.366 e. The lowest BCUT2D eigenvalue weighted by Gasteiger charge is -2.22. The molecule has 0 saturated heterocycles. The molecule has 1 aliphatic heterocycles. The van der Waals surface area contributed by atoms with Gasteiger partial charge < -0.3 is 15.6 Å². The summed E-state index contributed by atoms with van der Waals surface area (Å²) in [6.45, 7) is 5.07. The van der Waals surface area contributed by atoms with Crippen molar-refractivity contribution in [1.82, 2.24) is 5.16 Å². The standard InChI is InChI=1S/C22H19ClN4O5S2/c1-11-9-12(2)17(14(10-11)20(24)28)26-21(29)18-15(5-8-33-18)34(30,31)22(6-4-7-25-22)19-16(23)13(3)27-32-19/h4-10H,1-3H3,(H2,24,28)(H,26,29). The van der Waals surface area contributed by atoms with Gasteiger partial charge in [0.2, 0.25) is 20.5 Å². The highest BCUT2D eigenvalue weighted by atomic mass is 35.5. The molecule has 3 heterocycles. The number of carbonyl (C=O) groups is 2. The summed E-state index contributed by atoms with van der Waals surface area (Å²) in [4.78, 5) is 27.0. The van der Waals surface area contributed by atoms with Crippen LogP contribution in [0.5, 0.6) is 0 Å². The van der Waals surface area contributed by atoms with Gasteiger partial charge in [-0.15, -0.1) is 11.3 Å². The van der Waals surface area contributed by atoms with Crippen LogP contribution in [0.2, 0.25) is 5.02 Å². The summed E-state index contributed by atoms with van der Waals surface area (Å²) in [5.41, 5.74) is 7.52. The van der Waals surface area contributed by atoms with E-state index in [4.69, 9.17) is 21.9 Å². The number of aliphatic imine (C=N–C) groups is 1. The molecule has 3 aromatic rings. The number of benzene rings is 1. The molecule has 1 atom stereocenters. The van der Waals surface area contributed by atoms with Crippen LogP contribution in [0.3, 0.4) is 0 Å². The molecular formula is C22H19ClN4O5S2. The van der Waals surface area contributed by atoms with E-state index in [-0.39, 0.29) is 31.8 Å². The smallest absolute Gasteiger partial charge is 0.267 e. The van der Waals surface area contributed by atoms with E-state index in [1.54, 1.807) is 32.9 Å². The number of primary amides is 1. The maximum atomic E-state index is 13.9. The van der Waals surface area contributed by atoms with Gasteiger partial charge in [0.05, 0.1) is 21.8 Å². The zero-order valence-corrected chi connectivity index (χ0v) is 20.6. The summed E-state index contributed by atoms with van der Waals surface area (Å²) < 4.78 is 33.0. The number of halogens is 1. The van der Waals surface area contributed by atoms with Crippen molar-refractivity contribution in [2.45, 2.75) is 30.5 Å². The van der Waals surface area contributed by atoms with E-state index in [1.807, 2.05) is 0 Å². The van der Waals surface area contributed by atoms with Crippen LogP contribution in [0.25, 0.3) is 0 Å². The number of nitrogens with two attached hydrogens (primary N) is 1. The van der Waals surface area contributed by atoms with Crippen molar-refractivity contribution >= 4 is 56.5 Å². The Balaban J connectivity index is 1.80. The number of hydrogen-bond donors (Lipinski definition) is 2. The van der Waals surface area contributed by atoms with E-state index < -0.39 is 26.5 Å². The molecule has 176 valence electrons. The van der Waals surface area contributed by atoms with Crippen LogP contribution < -0.4 is 11.1 Å². The van der Waals surface area contributed by atoms with E-state index in [1.165, 1.54) is 29.8 Å². The Morgan fingerprint density at radius 1 is 1.24 bits per heavy atom. The summed E-state index contributed by atoms with van der Waals surface area (Å²) >= 11 is 7.21. The van der Waals surface area contributed by atoms with Crippen LogP contribution in [0.15, 0.2) is 50.1 Å². The molecule has 0 bridgehead atoms. The number of aromatic nitrogens is 1. The number of sulfone groups is 1. The van der Waals surface area contributed by atoms with Gasteiger partial charge in [0, 0.05) is 6.21 Å². The molecule has 1 aliphatic rings. The molecule has 4 rings (SSSR count). The highest BCUT2D eigenvalue weighted by molar-refractivity contribution is 7.92. The Labute approximate surface area is 204 Å². The highest BCUT2D eigenvalue weighted by Crippen LogP contribution is 2.45. The summed E-state index contributed by atoms with van der Waals surface area (Å²) in [6, 6.07) is 4.64. The fourth-order valence-corrected chi connectivity index (χ4v) is 6.98. The number of nitrogens with one attached hydrogen (secondary N) is 1. The number of anilines is 1. The second-order valence-electron chi connectivity index (χ2n) is 7.68. The van der Waals surface area contributed by atoms with Gasteiger partial charge in [-0.05, 0) is 61.6 Å². The molecule has 2 amide bonds. The summed E-state index contributed by atoms with van der Waals surface area (Å²) in [7, 11) is -4.38. The van der Waals surface area contributed by atoms with Gasteiger partial charge in [0.15, 0.2) is 0 Å². The zero-order chi connectivity index (χ0) is 24.8. The molecular weight excluding hydrogens is 500 g/mol. The Morgan fingerprint density at radius 2 is 1.97 bits per heavy atom. The third-order valence-electron chi connectivity index (χ3n) is 5.31. The van der Waals surface area contributed by atoms with E-state index in [0.717, 1.165) is 16.9 Å². The van der Waals surface area contributed by atoms with Crippen molar-refractivity contribution in [2.75, 3.05) is 5.32 Å². The Hall–Kier alpha value is -3.28. The van der Waals surface area contributed by atoms with Crippen LogP contribution in [0, 0.1) is 20.8 Å². The minimum absolute atomic E-state index is 0.0230. The third-order valence-corrected chi connectivity index (χ3v) is 8.96. The number of thiophene rings is 1. The van der Waals surface area contributed by atoms with Crippen molar-refractivity contribution < 1.29 is 22.5 Å². The van der Waals surface area contributed by atoms with Crippen molar-refractivity contribution in [1.29, 1.82) is 0 Å². The second kappa shape index (κ2) is 8.49. The minimum atomic E-state index is -4.38. The third kappa shape index (κ3) is 3.65. The number of nitrogens with zero attached hydrogens (tertiary/aromatic N) is 2. The molecule has 2 aromatic heterocycles. The van der Waals surface area contributed by atoms with Gasteiger partial charge in [-0.25, -0.2) is 8.42 Å². The Bertz CT molecular complexity index is 1490. The second-order valence-corrected chi connectivity index (χ2v) is 11.0. The fourth-order valence-electron chi connectivity index (χ4n) is 3.71. The summed E-state index contributed by atoms with van der Waals surface area (Å²) in [5, 5.41) is 7.90. The maximum absolute atomic E-state index is 13.9. The number of amides is 2. The van der Waals surface area contributed by atoms with E-state index >= 15 is 0 Å². The lowest BCUT2D eigenvalue weighted by Crippen LogP contribution is -2.32. The van der Waals surface area contributed by atoms with Gasteiger partial charge in [0.1, 0.15) is 9.90 Å². The average molecular weight is 519 g/mol. The highest BCUT2D eigenvalue weighted by Gasteiger charge is 2.52. The van der Waals surface area contributed by atoms with Crippen LogP contribution in [-0.2, 0) is 14.7 Å². The SMILES string of the molecule is Cc1cc(C)c(NC(=O)c2sccc2S(=O)(=O)C2(c3onc(C)c3Cl)C=CC=N2)c(C(N)=O)c1. The zero-order valence-electron chi connectivity index (χ0n) is 18.2. The molecule has 1 aromatic carbocycles. The first-order valence-corrected chi connectivity index (χ1v) is 12.6. The Morgan fingerprint density at radius 3 is 2.56 bits per heavy atom. The lowest BCUT2D eigenvalue weighted by atomic mass is 10.0. The van der Waals surface area contributed by atoms with Gasteiger partial charge in [-0.2, -0.15) is 0 Å². The number of allylic oxidation sites excluding steroid dienone is 1. The van der Waals surface area contributed by atoms with Gasteiger partial charge >= 0.3 is 0 Å². The van der Waals surface area contributed by atoms with Crippen molar-refractivity contribution in [2.24, 2.45) is 10.7 Å². The van der Waals surface area contributed by atoms with Gasteiger partial charge in [-0.1, -0.05) is 22.8 Å². The first kappa shape index (κ1) is 23.9. The monoisotopic (exact) mass is 518 g/mol. The van der Waals surface area contributed by atoms with Crippen molar-refractivity contribution in [3.05, 3.63) is 73.8 Å². The lowest BCUT2D eigenvalue weighted by molar-refractivity contribution is 0.100. The van der Waals surface area contributed by atoms with Crippen molar-refractivity contribution in [3.63, 3.8) is 0 Å². The molecule has 0 saturated carbocycles. The summed E-state index contributed by atoms with van der Waals surface area (Å²) in [6.07, 6.45) is 4.09. The number of aryl methyl sites for hydroxylation is 3. The first-order chi connectivity index (χ1) is 16.0. The number of hydrogen-bond acceptors (Lipinski definition) is 8. The first-order valence-electron chi connectivity index (χ1n) is 9.89. The summed E-state index contributed by atoms with van der Waals surface area (Å²) in [5.74, 6) is -1.61. The van der Waals surface area contributed by atoms with E-state index in [2.05, 4.69) is 15.5 Å². The molecule has 0 spiro atoms. The molecule has 9 nitrogen and oxygen atoms in total. The molecule has 0 fully saturated rings. The average Bonchev–Trinajstić information content (AvgIpc) is 3.51. The van der Waals surface area contributed by atoms with Crippen LogP contribution in [0.4, 0.5) is 5.69 Å². The van der Waals surface area contributed by atoms with E-state index in [0.29, 0.717) is 11.3 Å². The maximum Gasteiger partial charge on any atom is 0.267 e. The van der Waals surface area contributed by atoms with Gasteiger partial charge in [0.25, 0.3) is 11.8 Å². The topological polar surface area (TPSA) is 145 Å². The molecule has 1 unspecified atom stereocenters. The van der Waals surface area contributed by atoms with E-state index in [9.17, 15) is 18.0 Å². The van der Waals surface area contributed by atoms with Crippen LogP contribution in [-0.4, -0.2) is 31.6 Å². The Kier molecular flexibility index (Phi) is 5.96. The normalized spacial score (nSPS) is 17.3. The van der Waals surface area contributed by atoms with Gasteiger partial charge in [-0.3, -0.25) is 14.6 Å². The predicted molar refractivity (Wildman–Crippen MR) is 129 cm³/mol.